The van der Waals surface area contributed by atoms with Crippen LogP contribution in [0.3, 0.4) is 0 Å². The SMILES string of the molecule is Cc1cc2nccc(C)[n+]2o1. The zero-order valence-corrected chi connectivity index (χ0v) is 6.53. The smallest absolute Gasteiger partial charge is 0.300 e. The van der Waals surface area contributed by atoms with E-state index in [-0.39, 0.29) is 0 Å². The van der Waals surface area contributed by atoms with Crippen molar-refractivity contribution < 1.29 is 9.10 Å². The van der Waals surface area contributed by atoms with Gasteiger partial charge in [0.2, 0.25) is 0 Å². The van der Waals surface area contributed by atoms with Crippen molar-refractivity contribution in [3.8, 4) is 0 Å². The minimum absolute atomic E-state index is 0.863. The lowest BCUT2D eigenvalue weighted by molar-refractivity contribution is -0.725. The van der Waals surface area contributed by atoms with E-state index < -0.39 is 0 Å². The molecule has 11 heavy (non-hydrogen) atoms. The van der Waals surface area contributed by atoms with E-state index >= 15 is 0 Å². The highest BCUT2D eigenvalue weighted by atomic mass is 16.5. The van der Waals surface area contributed by atoms with E-state index in [1.54, 1.807) is 10.8 Å². The second-order valence-electron chi connectivity index (χ2n) is 2.59. The molecule has 0 bridgehead atoms. The van der Waals surface area contributed by atoms with Crippen molar-refractivity contribution in [2.75, 3.05) is 0 Å². The van der Waals surface area contributed by atoms with Crippen LogP contribution in [0.5, 0.6) is 0 Å². The minimum Gasteiger partial charge on any atom is -0.300 e. The van der Waals surface area contributed by atoms with Crippen molar-refractivity contribution >= 4 is 5.65 Å². The Bertz CT molecular complexity index is 392. The molecule has 0 saturated carbocycles. The van der Waals surface area contributed by atoms with Crippen LogP contribution in [0.1, 0.15) is 11.5 Å². The molecule has 56 valence electrons. The summed E-state index contributed by atoms with van der Waals surface area (Å²) in [7, 11) is 0. The maximum atomic E-state index is 5.35. The lowest BCUT2D eigenvalue weighted by atomic mass is 10.4. The van der Waals surface area contributed by atoms with Gasteiger partial charge in [-0.05, 0) is 16.5 Å². The van der Waals surface area contributed by atoms with E-state index in [1.807, 2.05) is 26.0 Å². The average Bonchev–Trinajstić information content (AvgIpc) is 2.31. The van der Waals surface area contributed by atoms with Gasteiger partial charge in [-0.1, -0.05) is 0 Å². The third kappa shape index (κ3) is 0.888. The number of rotatable bonds is 0. The molecule has 2 rings (SSSR count). The normalized spacial score (nSPS) is 10.7. The summed E-state index contributed by atoms with van der Waals surface area (Å²) in [5.41, 5.74) is 1.92. The first kappa shape index (κ1) is 6.34. The molecule has 3 nitrogen and oxygen atoms in total. The average molecular weight is 149 g/mol. The van der Waals surface area contributed by atoms with Crippen LogP contribution in [0.4, 0.5) is 0 Å². The monoisotopic (exact) mass is 149 g/mol. The molecular weight excluding hydrogens is 140 g/mol. The van der Waals surface area contributed by atoms with Crippen molar-refractivity contribution in [2.24, 2.45) is 0 Å². The molecule has 0 atom stereocenters. The highest BCUT2D eigenvalue weighted by Gasteiger charge is 2.10. The quantitative estimate of drug-likeness (QED) is 0.524. The van der Waals surface area contributed by atoms with Crippen molar-refractivity contribution in [3.05, 3.63) is 29.8 Å². The molecule has 2 heterocycles. The highest BCUT2D eigenvalue weighted by Crippen LogP contribution is 1.99. The third-order valence-corrected chi connectivity index (χ3v) is 1.62. The van der Waals surface area contributed by atoms with E-state index in [4.69, 9.17) is 4.52 Å². The van der Waals surface area contributed by atoms with Gasteiger partial charge in [0.1, 0.15) is 6.20 Å². The van der Waals surface area contributed by atoms with Crippen LogP contribution in [-0.2, 0) is 0 Å². The Morgan fingerprint density at radius 1 is 1.45 bits per heavy atom. The topological polar surface area (TPSA) is 30.1 Å². The summed E-state index contributed by atoms with van der Waals surface area (Å²) in [6.45, 7) is 3.89. The lowest BCUT2D eigenvalue weighted by Crippen LogP contribution is -2.22. The Kier molecular flexibility index (Phi) is 1.18. The van der Waals surface area contributed by atoms with Crippen LogP contribution in [0.15, 0.2) is 22.9 Å². The molecule has 0 amide bonds. The fourth-order valence-electron chi connectivity index (χ4n) is 1.09. The van der Waals surface area contributed by atoms with E-state index in [2.05, 4.69) is 4.98 Å². The fourth-order valence-corrected chi connectivity index (χ4v) is 1.09. The lowest BCUT2D eigenvalue weighted by Gasteiger charge is -1.83. The van der Waals surface area contributed by atoms with Gasteiger partial charge in [0, 0.05) is 13.0 Å². The van der Waals surface area contributed by atoms with E-state index in [9.17, 15) is 0 Å². The number of hydrogen-bond acceptors (Lipinski definition) is 2. The van der Waals surface area contributed by atoms with Crippen molar-refractivity contribution in [1.82, 2.24) is 4.98 Å². The van der Waals surface area contributed by atoms with Gasteiger partial charge in [0.25, 0.3) is 0 Å². The first-order chi connectivity index (χ1) is 5.27. The molecule has 0 aliphatic heterocycles. The zero-order valence-electron chi connectivity index (χ0n) is 6.53. The van der Waals surface area contributed by atoms with Crippen LogP contribution >= 0.6 is 0 Å². The second-order valence-corrected chi connectivity index (χ2v) is 2.59. The summed E-state index contributed by atoms with van der Waals surface area (Å²) in [5.74, 6) is 0.881. The number of nitrogens with zero attached hydrogens (tertiary/aromatic N) is 2. The molecule has 0 spiro atoms. The molecule has 0 aliphatic carbocycles. The van der Waals surface area contributed by atoms with E-state index in [1.165, 1.54) is 0 Å². The maximum absolute atomic E-state index is 5.35. The van der Waals surface area contributed by atoms with E-state index in [0.717, 1.165) is 17.1 Å². The van der Waals surface area contributed by atoms with Crippen LogP contribution < -0.4 is 4.57 Å². The minimum atomic E-state index is 0.863. The molecule has 0 unspecified atom stereocenters. The summed E-state index contributed by atoms with van der Waals surface area (Å²) < 4.78 is 7.07. The first-order valence-corrected chi connectivity index (χ1v) is 3.52. The van der Waals surface area contributed by atoms with Crippen molar-refractivity contribution in [2.45, 2.75) is 13.8 Å². The van der Waals surface area contributed by atoms with Gasteiger partial charge in [0.15, 0.2) is 11.5 Å². The summed E-state index contributed by atoms with van der Waals surface area (Å²) in [5, 5.41) is 0. The molecule has 2 aromatic rings. The highest BCUT2D eigenvalue weighted by molar-refractivity contribution is 5.28. The van der Waals surface area contributed by atoms with Gasteiger partial charge < -0.3 is 4.52 Å². The van der Waals surface area contributed by atoms with Crippen molar-refractivity contribution in [3.63, 3.8) is 0 Å². The van der Waals surface area contributed by atoms with Crippen LogP contribution in [0, 0.1) is 13.8 Å². The number of aromatic nitrogens is 2. The predicted octanol–water partition coefficient (Wildman–Crippen LogP) is 1.03. The van der Waals surface area contributed by atoms with Gasteiger partial charge in [-0.3, -0.25) is 0 Å². The second kappa shape index (κ2) is 2.05. The number of fused-ring (bicyclic) bond motifs is 1. The maximum Gasteiger partial charge on any atom is 0.365 e. The van der Waals surface area contributed by atoms with Crippen molar-refractivity contribution in [1.29, 1.82) is 0 Å². The first-order valence-electron chi connectivity index (χ1n) is 3.52. The molecule has 0 N–H and O–H groups in total. The molecule has 0 radical (unpaired) electrons. The Balaban J connectivity index is 2.90. The molecule has 0 fully saturated rings. The molecule has 3 heteroatoms. The summed E-state index contributed by atoms with van der Waals surface area (Å²) >= 11 is 0. The van der Waals surface area contributed by atoms with Crippen LogP contribution in [-0.4, -0.2) is 4.98 Å². The molecule has 0 aromatic carbocycles. The van der Waals surface area contributed by atoms with Gasteiger partial charge in [0.05, 0.1) is 6.07 Å². The standard InChI is InChI=1S/C8H9N2O/c1-6-3-4-9-8-5-7(2)11-10(6)8/h3-5H,1-2H3/q+1. The van der Waals surface area contributed by atoms with Gasteiger partial charge in [-0.2, -0.15) is 0 Å². The van der Waals surface area contributed by atoms with Gasteiger partial charge in [-0.25, -0.2) is 0 Å². The Labute approximate surface area is 64.3 Å². The molecule has 2 aromatic heterocycles. The fraction of sp³-hybridized carbons (Fsp3) is 0.250. The molecule has 0 saturated heterocycles. The summed E-state index contributed by atoms with van der Waals surface area (Å²) in [6, 6.07) is 3.82. The van der Waals surface area contributed by atoms with Crippen LogP contribution in [0.2, 0.25) is 0 Å². The Morgan fingerprint density at radius 2 is 2.27 bits per heavy atom. The largest absolute Gasteiger partial charge is 0.365 e. The van der Waals surface area contributed by atoms with E-state index in [0.29, 0.717) is 0 Å². The molecule has 0 aliphatic rings. The third-order valence-electron chi connectivity index (χ3n) is 1.62. The Hall–Kier alpha value is -1.38. The molecular formula is C8H9N2O+. The number of hydrogen-bond donors (Lipinski definition) is 0. The summed E-state index contributed by atoms with van der Waals surface area (Å²) in [4.78, 5) is 4.13. The Morgan fingerprint density at radius 3 is 3.00 bits per heavy atom. The number of aryl methyl sites for hydroxylation is 2. The summed E-state index contributed by atoms with van der Waals surface area (Å²) in [6.07, 6.45) is 1.78. The van der Waals surface area contributed by atoms with Crippen LogP contribution in [0.25, 0.3) is 5.65 Å². The van der Waals surface area contributed by atoms with Gasteiger partial charge >= 0.3 is 5.65 Å². The predicted molar refractivity (Wildman–Crippen MR) is 39.1 cm³/mol. The zero-order chi connectivity index (χ0) is 7.84. The van der Waals surface area contributed by atoms with Gasteiger partial charge in [-0.15, -0.1) is 0 Å².